The van der Waals surface area contributed by atoms with Gasteiger partial charge in [-0.2, -0.15) is 0 Å². The number of halogens is 3. The molecule has 1 atom stereocenters. The molecule has 33 heavy (non-hydrogen) atoms. The van der Waals surface area contributed by atoms with Gasteiger partial charge in [0.05, 0.1) is 24.3 Å². The van der Waals surface area contributed by atoms with Gasteiger partial charge < -0.3 is 14.9 Å². The van der Waals surface area contributed by atoms with Gasteiger partial charge in [-0.1, -0.05) is 23.7 Å². The van der Waals surface area contributed by atoms with Crippen LogP contribution in [0.5, 0.6) is 11.5 Å². The number of anilines is 1. The molecule has 0 radical (unpaired) electrons. The van der Waals surface area contributed by atoms with Gasteiger partial charge >= 0.3 is 0 Å². The van der Waals surface area contributed by atoms with Gasteiger partial charge in [-0.25, -0.2) is 8.78 Å². The van der Waals surface area contributed by atoms with E-state index in [4.69, 9.17) is 16.3 Å². The Morgan fingerprint density at radius 1 is 1.00 bits per heavy atom. The van der Waals surface area contributed by atoms with Crippen LogP contribution in [-0.4, -0.2) is 29.0 Å². The van der Waals surface area contributed by atoms with Crippen molar-refractivity contribution in [1.82, 2.24) is 0 Å². The number of methoxy groups -OCH3 is 1. The van der Waals surface area contributed by atoms with Gasteiger partial charge in [0.15, 0.2) is 11.6 Å². The highest BCUT2D eigenvalue weighted by molar-refractivity contribution is 6.51. The number of nitrogens with zero attached hydrogens (tertiary/aromatic N) is 1. The van der Waals surface area contributed by atoms with Crippen LogP contribution in [-0.2, 0) is 9.59 Å². The third-order valence-electron chi connectivity index (χ3n) is 5.25. The van der Waals surface area contributed by atoms with Crippen LogP contribution in [0, 0.1) is 11.6 Å². The molecule has 1 aliphatic rings. The van der Waals surface area contributed by atoms with Crippen LogP contribution in [0.1, 0.15) is 17.2 Å². The Hall–Kier alpha value is -3.91. The first-order valence-corrected chi connectivity index (χ1v) is 9.99. The first-order chi connectivity index (χ1) is 15.7. The molecule has 4 rings (SSSR count). The van der Waals surface area contributed by atoms with Gasteiger partial charge in [-0.05, 0) is 48.0 Å². The van der Waals surface area contributed by atoms with E-state index in [2.05, 4.69) is 0 Å². The lowest BCUT2D eigenvalue weighted by Gasteiger charge is -2.25. The zero-order chi connectivity index (χ0) is 23.9. The fourth-order valence-electron chi connectivity index (χ4n) is 3.72. The van der Waals surface area contributed by atoms with Gasteiger partial charge in [-0.3, -0.25) is 14.5 Å². The van der Waals surface area contributed by atoms with E-state index in [1.165, 1.54) is 49.6 Å². The lowest BCUT2D eigenvalue weighted by atomic mass is 9.94. The summed E-state index contributed by atoms with van der Waals surface area (Å²) in [4.78, 5) is 27.1. The molecule has 1 amide bonds. The van der Waals surface area contributed by atoms with Crippen LogP contribution in [0.2, 0.25) is 5.02 Å². The number of benzene rings is 3. The molecule has 6 nitrogen and oxygen atoms in total. The maximum atomic E-state index is 14.0. The molecule has 3 aromatic carbocycles. The van der Waals surface area contributed by atoms with E-state index in [-0.39, 0.29) is 33.3 Å². The quantitative estimate of drug-likeness (QED) is 0.319. The highest BCUT2D eigenvalue weighted by atomic mass is 35.5. The number of hydrogen-bond acceptors (Lipinski definition) is 5. The average molecular weight is 472 g/mol. The highest BCUT2D eigenvalue weighted by Crippen LogP contribution is 2.44. The van der Waals surface area contributed by atoms with Crippen molar-refractivity contribution in [3.8, 4) is 11.5 Å². The molecular formula is C24H16ClF2NO5. The molecular weight excluding hydrogens is 456 g/mol. The number of Topliss-reactive ketones (excluding diaryl/α,β-unsaturated/α-hetero) is 1. The second-order valence-electron chi connectivity index (χ2n) is 7.20. The molecule has 3 aromatic rings. The molecule has 1 fully saturated rings. The summed E-state index contributed by atoms with van der Waals surface area (Å²) in [5, 5.41) is 21.1. The van der Waals surface area contributed by atoms with Gasteiger partial charge in [0.2, 0.25) is 0 Å². The number of phenols is 1. The number of ether oxygens (including phenoxy) is 1. The topological polar surface area (TPSA) is 87.1 Å². The second-order valence-corrected chi connectivity index (χ2v) is 7.64. The molecule has 0 bridgehead atoms. The summed E-state index contributed by atoms with van der Waals surface area (Å²) >= 11 is 6.06. The number of aliphatic hydroxyl groups is 1. The number of aliphatic hydroxyl groups excluding tert-OH is 1. The maximum Gasteiger partial charge on any atom is 0.300 e. The Morgan fingerprint density at radius 3 is 2.33 bits per heavy atom. The fourth-order valence-corrected chi connectivity index (χ4v) is 3.89. The Bertz CT molecular complexity index is 1310. The van der Waals surface area contributed by atoms with Crippen LogP contribution in [0.25, 0.3) is 5.76 Å². The predicted octanol–water partition coefficient (Wildman–Crippen LogP) is 4.96. The summed E-state index contributed by atoms with van der Waals surface area (Å²) in [5.41, 5.74) is -0.00137. The van der Waals surface area contributed by atoms with Crippen molar-refractivity contribution in [3.63, 3.8) is 0 Å². The SMILES string of the molecule is COc1ccc(Cl)cc1/C(O)=C1\C(=O)C(=O)N(c2ccc(F)c(F)c2)C1c1ccc(O)cc1. The van der Waals surface area contributed by atoms with Crippen molar-refractivity contribution in [1.29, 1.82) is 0 Å². The van der Waals surface area contributed by atoms with Gasteiger partial charge in [0.1, 0.15) is 17.3 Å². The first kappa shape index (κ1) is 22.3. The predicted molar refractivity (Wildman–Crippen MR) is 117 cm³/mol. The lowest BCUT2D eigenvalue weighted by molar-refractivity contribution is -0.132. The number of hydrogen-bond donors (Lipinski definition) is 2. The fraction of sp³-hybridized carbons (Fsp3) is 0.0833. The van der Waals surface area contributed by atoms with Crippen LogP contribution in [0.4, 0.5) is 14.5 Å². The maximum absolute atomic E-state index is 14.0. The minimum Gasteiger partial charge on any atom is -0.508 e. The summed E-state index contributed by atoms with van der Waals surface area (Å²) in [6.45, 7) is 0. The van der Waals surface area contributed by atoms with E-state index in [1.807, 2.05) is 0 Å². The Balaban J connectivity index is 1.99. The van der Waals surface area contributed by atoms with Gasteiger partial charge in [0, 0.05) is 16.8 Å². The van der Waals surface area contributed by atoms with Crippen LogP contribution >= 0.6 is 11.6 Å². The third kappa shape index (κ3) is 3.89. The van der Waals surface area contributed by atoms with Crippen LogP contribution in [0.3, 0.4) is 0 Å². The summed E-state index contributed by atoms with van der Waals surface area (Å²) in [5.74, 6) is -4.87. The van der Waals surface area contributed by atoms with E-state index < -0.39 is 35.1 Å². The van der Waals surface area contributed by atoms with Crippen molar-refractivity contribution in [3.05, 3.63) is 94.0 Å². The number of rotatable bonds is 4. The minimum absolute atomic E-state index is 0.0667. The molecule has 0 spiro atoms. The number of aromatic hydroxyl groups is 1. The number of carbonyl (C=O) groups is 2. The highest BCUT2D eigenvalue weighted by Gasteiger charge is 2.47. The summed E-state index contributed by atoms with van der Waals surface area (Å²) < 4.78 is 32.8. The molecule has 0 aromatic heterocycles. The second kappa shape index (κ2) is 8.55. The lowest BCUT2D eigenvalue weighted by Crippen LogP contribution is -2.29. The van der Waals surface area contributed by atoms with Crippen molar-refractivity contribution in [2.75, 3.05) is 12.0 Å². The van der Waals surface area contributed by atoms with Crippen molar-refractivity contribution in [2.45, 2.75) is 6.04 Å². The average Bonchev–Trinajstić information content (AvgIpc) is 3.06. The van der Waals surface area contributed by atoms with Crippen molar-refractivity contribution < 1.29 is 33.3 Å². The summed E-state index contributed by atoms with van der Waals surface area (Å²) in [6.07, 6.45) is 0. The molecule has 9 heteroatoms. The Kier molecular flexibility index (Phi) is 5.78. The molecule has 168 valence electrons. The van der Waals surface area contributed by atoms with E-state index in [0.717, 1.165) is 23.1 Å². The normalized spacial score (nSPS) is 17.5. The Labute approximate surface area is 191 Å². The number of ketones is 1. The summed E-state index contributed by atoms with van der Waals surface area (Å²) in [7, 11) is 1.36. The smallest absolute Gasteiger partial charge is 0.300 e. The molecule has 1 heterocycles. The van der Waals surface area contributed by atoms with E-state index in [1.54, 1.807) is 0 Å². The zero-order valence-corrected chi connectivity index (χ0v) is 17.8. The van der Waals surface area contributed by atoms with Crippen molar-refractivity contribution >= 4 is 34.7 Å². The first-order valence-electron chi connectivity index (χ1n) is 9.61. The number of amides is 1. The third-order valence-corrected chi connectivity index (χ3v) is 5.49. The molecule has 1 saturated heterocycles. The molecule has 0 aliphatic carbocycles. The summed E-state index contributed by atoms with van der Waals surface area (Å²) in [6, 6.07) is 11.5. The number of carbonyl (C=O) groups excluding carboxylic acids is 2. The molecule has 1 aliphatic heterocycles. The van der Waals surface area contributed by atoms with Gasteiger partial charge in [-0.15, -0.1) is 0 Å². The van der Waals surface area contributed by atoms with E-state index >= 15 is 0 Å². The van der Waals surface area contributed by atoms with E-state index in [0.29, 0.717) is 5.56 Å². The largest absolute Gasteiger partial charge is 0.508 e. The van der Waals surface area contributed by atoms with Crippen LogP contribution in [0.15, 0.2) is 66.2 Å². The van der Waals surface area contributed by atoms with Crippen molar-refractivity contribution in [2.24, 2.45) is 0 Å². The minimum atomic E-state index is -1.21. The molecule has 1 unspecified atom stereocenters. The Morgan fingerprint density at radius 2 is 1.70 bits per heavy atom. The standard InChI is InChI=1S/C24H16ClF2NO5/c1-33-19-9-4-13(25)10-16(19)22(30)20-21(12-2-6-15(29)7-3-12)28(24(32)23(20)31)14-5-8-17(26)18(27)11-14/h2-11,21,29-30H,1H3/b22-20+. The molecule has 0 saturated carbocycles. The number of phenolic OH excluding ortho intramolecular Hbond substituents is 1. The molecule has 2 N–H and O–H groups in total. The zero-order valence-electron chi connectivity index (χ0n) is 17.1. The van der Waals surface area contributed by atoms with Crippen LogP contribution < -0.4 is 9.64 Å². The van der Waals surface area contributed by atoms with Gasteiger partial charge in [0.25, 0.3) is 11.7 Å². The monoisotopic (exact) mass is 471 g/mol. The van der Waals surface area contributed by atoms with E-state index in [9.17, 15) is 28.6 Å².